The molecule has 0 heterocycles. The molecule has 9 heteroatoms. The highest BCUT2D eigenvalue weighted by Crippen LogP contribution is 2.14. The molecule has 0 saturated heterocycles. The van der Waals surface area contributed by atoms with Gasteiger partial charge in [-0.3, -0.25) is 19.7 Å². The highest BCUT2D eigenvalue weighted by molar-refractivity contribution is 5.86. The van der Waals surface area contributed by atoms with Gasteiger partial charge in [-0.15, -0.1) is 0 Å². The van der Waals surface area contributed by atoms with Crippen molar-refractivity contribution < 1.29 is 28.8 Å². The molecule has 1 N–H and O–H groups in total. The van der Waals surface area contributed by atoms with Crippen molar-refractivity contribution in [2.24, 2.45) is 5.92 Å². The lowest BCUT2D eigenvalue weighted by molar-refractivity contribution is -0.384. The Morgan fingerprint density at radius 3 is 2.40 bits per heavy atom. The average molecular weight is 352 g/mol. The van der Waals surface area contributed by atoms with Gasteiger partial charge in [0, 0.05) is 12.1 Å². The zero-order valence-electron chi connectivity index (χ0n) is 14.2. The summed E-state index contributed by atoms with van der Waals surface area (Å²) in [6.07, 6.45) is -0.137. The first-order valence-electron chi connectivity index (χ1n) is 7.46. The van der Waals surface area contributed by atoms with Crippen LogP contribution in [0.5, 0.6) is 0 Å². The summed E-state index contributed by atoms with van der Waals surface area (Å²) in [6.45, 7) is 1.56. The molecule has 136 valence electrons. The number of nitro groups is 1. The Labute approximate surface area is 144 Å². The molecule has 0 bridgehead atoms. The van der Waals surface area contributed by atoms with Gasteiger partial charge in [-0.2, -0.15) is 0 Å². The van der Waals surface area contributed by atoms with Crippen LogP contribution in [0, 0.1) is 16.0 Å². The summed E-state index contributed by atoms with van der Waals surface area (Å²) in [5.41, 5.74) is 0.297. The highest BCUT2D eigenvalue weighted by atomic mass is 16.6. The summed E-state index contributed by atoms with van der Waals surface area (Å²) in [4.78, 5) is 45.6. The quantitative estimate of drug-likeness (QED) is 0.420. The molecule has 1 aromatic rings. The Morgan fingerprint density at radius 2 is 1.84 bits per heavy atom. The van der Waals surface area contributed by atoms with E-state index in [0.29, 0.717) is 5.56 Å². The third-order valence-electron chi connectivity index (χ3n) is 3.50. The Balaban J connectivity index is 2.78. The lowest BCUT2D eigenvalue weighted by Crippen LogP contribution is -2.44. The number of esters is 2. The van der Waals surface area contributed by atoms with Gasteiger partial charge in [-0.25, -0.2) is 4.79 Å². The summed E-state index contributed by atoms with van der Waals surface area (Å²) in [5.74, 6) is -2.34. The van der Waals surface area contributed by atoms with Gasteiger partial charge in [0.25, 0.3) is 5.69 Å². The van der Waals surface area contributed by atoms with Crippen molar-refractivity contribution in [2.75, 3.05) is 14.2 Å². The van der Waals surface area contributed by atoms with E-state index in [-0.39, 0.29) is 18.5 Å². The number of non-ortho nitro benzene ring substituents is 1. The minimum Gasteiger partial charge on any atom is -0.469 e. The van der Waals surface area contributed by atoms with Crippen molar-refractivity contribution in [3.8, 4) is 0 Å². The predicted molar refractivity (Wildman–Crippen MR) is 86.5 cm³/mol. The normalized spacial score (nSPS) is 12.6. The molecule has 0 aromatic heterocycles. The van der Waals surface area contributed by atoms with E-state index in [1.807, 2.05) is 0 Å². The first-order chi connectivity index (χ1) is 11.8. The van der Waals surface area contributed by atoms with E-state index in [1.54, 1.807) is 13.0 Å². The van der Waals surface area contributed by atoms with Crippen molar-refractivity contribution >= 4 is 23.5 Å². The van der Waals surface area contributed by atoms with E-state index in [0.717, 1.165) is 0 Å². The maximum atomic E-state index is 12.1. The zero-order chi connectivity index (χ0) is 19.0. The van der Waals surface area contributed by atoms with Crippen LogP contribution in [0.3, 0.4) is 0 Å². The number of carbonyl (C=O) groups is 3. The standard InChI is InChI=1S/C16H20N2O7/c1-10(15(20)24-2)7-13(16(21)25-3)17-14(19)9-11-5-4-6-12(8-11)18(22)23/h4-6,8,10,13H,7,9H2,1-3H3,(H,17,19)/t10-,13-/m1/s1. The Hall–Kier alpha value is -2.97. The third kappa shape index (κ3) is 6.21. The van der Waals surface area contributed by atoms with Crippen molar-refractivity contribution in [3.63, 3.8) is 0 Å². The van der Waals surface area contributed by atoms with E-state index in [1.165, 1.54) is 32.4 Å². The molecule has 9 nitrogen and oxygen atoms in total. The molecular weight excluding hydrogens is 332 g/mol. The van der Waals surface area contributed by atoms with Gasteiger partial charge < -0.3 is 14.8 Å². The lowest BCUT2D eigenvalue weighted by Gasteiger charge is -2.19. The number of carbonyl (C=O) groups excluding carboxylic acids is 3. The molecule has 0 aliphatic rings. The second-order valence-electron chi connectivity index (χ2n) is 5.41. The molecule has 2 atom stereocenters. The maximum Gasteiger partial charge on any atom is 0.328 e. The number of nitro benzene ring substituents is 1. The monoisotopic (exact) mass is 352 g/mol. The van der Waals surface area contributed by atoms with Gasteiger partial charge in [0.05, 0.1) is 31.5 Å². The number of methoxy groups -OCH3 is 2. The first-order valence-corrected chi connectivity index (χ1v) is 7.46. The summed E-state index contributed by atoms with van der Waals surface area (Å²) in [6, 6.07) is 4.61. The average Bonchev–Trinajstić information content (AvgIpc) is 2.59. The summed E-state index contributed by atoms with van der Waals surface area (Å²) in [7, 11) is 2.40. The van der Waals surface area contributed by atoms with Crippen LogP contribution in [0.4, 0.5) is 5.69 Å². The smallest absolute Gasteiger partial charge is 0.328 e. The zero-order valence-corrected chi connectivity index (χ0v) is 14.2. The van der Waals surface area contributed by atoms with Crippen molar-refractivity contribution in [2.45, 2.75) is 25.8 Å². The Morgan fingerprint density at radius 1 is 1.20 bits per heavy atom. The molecule has 0 aliphatic heterocycles. The minimum absolute atomic E-state index is 0.0139. The molecule has 0 fully saturated rings. The SMILES string of the molecule is COC(=O)[C@H](C)C[C@@H](NC(=O)Cc1cccc([N+](=O)[O-])c1)C(=O)OC. The van der Waals surface area contributed by atoms with Crippen molar-refractivity contribution in [1.82, 2.24) is 5.32 Å². The van der Waals surface area contributed by atoms with Crippen molar-refractivity contribution in [3.05, 3.63) is 39.9 Å². The molecule has 0 unspecified atom stereocenters. The van der Waals surface area contributed by atoms with Crippen LogP contribution in [0.15, 0.2) is 24.3 Å². The molecular formula is C16H20N2O7. The van der Waals surface area contributed by atoms with Gasteiger partial charge >= 0.3 is 11.9 Å². The second kappa shape index (κ2) is 9.36. The van der Waals surface area contributed by atoms with Crippen molar-refractivity contribution in [1.29, 1.82) is 0 Å². The van der Waals surface area contributed by atoms with E-state index >= 15 is 0 Å². The van der Waals surface area contributed by atoms with Crippen LogP contribution in [-0.4, -0.2) is 43.0 Å². The molecule has 0 radical (unpaired) electrons. The summed E-state index contributed by atoms with van der Waals surface area (Å²) < 4.78 is 9.23. The Bertz CT molecular complexity index is 660. The number of nitrogens with zero attached hydrogens (tertiary/aromatic N) is 1. The van der Waals surface area contributed by atoms with Crippen LogP contribution < -0.4 is 5.32 Å². The van der Waals surface area contributed by atoms with E-state index in [4.69, 9.17) is 0 Å². The molecule has 0 aliphatic carbocycles. The van der Waals surface area contributed by atoms with Gasteiger partial charge in [-0.05, 0) is 12.0 Å². The fraction of sp³-hybridized carbons (Fsp3) is 0.438. The topological polar surface area (TPSA) is 125 Å². The second-order valence-corrected chi connectivity index (χ2v) is 5.41. The van der Waals surface area contributed by atoms with Gasteiger partial charge in [-0.1, -0.05) is 19.1 Å². The Kier molecular flexibility index (Phi) is 7.51. The number of ether oxygens (including phenoxy) is 2. The number of benzene rings is 1. The maximum absolute atomic E-state index is 12.1. The summed E-state index contributed by atoms with van der Waals surface area (Å²) >= 11 is 0. The van der Waals surface area contributed by atoms with E-state index < -0.39 is 34.7 Å². The van der Waals surface area contributed by atoms with Crippen LogP contribution >= 0.6 is 0 Å². The van der Waals surface area contributed by atoms with Gasteiger partial charge in [0.2, 0.25) is 5.91 Å². The van der Waals surface area contributed by atoms with Crippen LogP contribution in [0.2, 0.25) is 0 Å². The highest BCUT2D eigenvalue weighted by Gasteiger charge is 2.27. The van der Waals surface area contributed by atoms with Gasteiger partial charge in [0.1, 0.15) is 6.04 Å². The van der Waals surface area contributed by atoms with Crippen LogP contribution in [0.25, 0.3) is 0 Å². The molecule has 1 aromatic carbocycles. The van der Waals surface area contributed by atoms with Crippen LogP contribution in [0.1, 0.15) is 18.9 Å². The summed E-state index contributed by atoms with van der Waals surface area (Å²) in [5, 5.41) is 13.2. The van der Waals surface area contributed by atoms with Gasteiger partial charge in [0.15, 0.2) is 0 Å². The molecule has 0 saturated carbocycles. The fourth-order valence-electron chi connectivity index (χ4n) is 2.22. The number of amides is 1. The number of rotatable bonds is 8. The molecule has 25 heavy (non-hydrogen) atoms. The number of hydrogen-bond acceptors (Lipinski definition) is 7. The largest absolute Gasteiger partial charge is 0.469 e. The van der Waals surface area contributed by atoms with Crippen LogP contribution in [-0.2, 0) is 30.3 Å². The van der Waals surface area contributed by atoms with E-state index in [2.05, 4.69) is 14.8 Å². The number of hydrogen-bond donors (Lipinski definition) is 1. The molecule has 0 spiro atoms. The minimum atomic E-state index is -1.02. The third-order valence-corrected chi connectivity index (χ3v) is 3.50. The predicted octanol–water partition coefficient (Wildman–Crippen LogP) is 0.994. The van der Waals surface area contributed by atoms with E-state index in [9.17, 15) is 24.5 Å². The fourth-order valence-corrected chi connectivity index (χ4v) is 2.22. The number of nitrogens with one attached hydrogen (secondary N) is 1. The molecule has 1 amide bonds. The lowest BCUT2D eigenvalue weighted by atomic mass is 10.0. The molecule has 1 rings (SSSR count). The first kappa shape index (κ1) is 20.1.